The summed E-state index contributed by atoms with van der Waals surface area (Å²) in [6, 6.07) is 0. The molecule has 0 saturated carbocycles. The van der Waals surface area contributed by atoms with Gasteiger partial charge in [-0.3, -0.25) is 15.3 Å². The predicted molar refractivity (Wildman–Crippen MR) is 33.0 cm³/mol. The van der Waals surface area contributed by atoms with Gasteiger partial charge in [-0.1, -0.05) is 0 Å². The molecule has 0 aliphatic heterocycles. The normalized spacial score (nSPS) is 12.9. The van der Waals surface area contributed by atoms with Gasteiger partial charge in [0.25, 0.3) is 0 Å². The molecule has 0 aliphatic rings. The van der Waals surface area contributed by atoms with Gasteiger partial charge in [-0.2, -0.15) is 0 Å². The maximum Gasteiger partial charge on any atom is 0.306 e. The highest BCUT2D eigenvalue weighted by molar-refractivity contribution is 5.67. The minimum Gasteiger partial charge on any atom is -0.481 e. The molecule has 0 spiro atoms. The van der Waals surface area contributed by atoms with Crippen molar-refractivity contribution in [2.24, 2.45) is 0 Å². The van der Waals surface area contributed by atoms with Crippen molar-refractivity contribution in [1.82, 2.24) is 0 Å². The molecule has 0 saturated heterocycles. The number of hydrogen-bond donors (Lipinski definition) is 3. The molecule has 6 heteroatoms. The maximum atomic E-state index is 10.0. The van der Waals surface area contributed by atoms with E-state index in [4.69, 9.17) is 15.6 Å². The second-order valence-corrected chi connectivity index (χ2v) is 1.95. The van der Waals surface area contributed by atoms with Gasteiger partial charge in [-0.15, -0.1) is 0 Å². The molecule has 0 heterocycles. The molecule has 0 aromatic heterocycles. The molecular weight excluding hydrogens is 156 g/mol. The number of hydrogen-bond acceptors (Lipinski definition) is 5. The van der Waals surface area contributed by atoms with Crippen LogP contribution in [0.4, 0.5) is 0 Å². The molecule has 66 valence electrons. The number of aliphatic carboxylic acids is 1. The first-order valence-corrected chi connectivity index (χ1v) is 2.99. The summed E-state index contributed by atoms with van der Waals surface area (Å²) in [4.78, 5) is 17.5. The smallest absolute Gasteiger partial charge is 0.306 e. The minimum absolute atomic E-state index is 0.0709. The second-order valence-electron chi connectivity index (χ2n) is 1.95. The first-order valence-electron chi connectivity index (χ1n) is 2.99. The van der Waals surface area contributed by atoms with Crippen molar-refractivity contribution in [2.45, 2.75) is 18.9 Å². The molecular formula is C5H10O6. The lowest BCUT2D eigenvalue weighted by Crippen LogP contribution is -2.17. The highest BCUT2D eigenvalue weighted by atomic mass is 17.1. The Balaban J connectivity index is 3.49. The highest BCUT2D eigenvalue weighted by Crippen LogP contribution is 2.01. The summed E-state index contributed by atoms with van der Waals surface area (Å²) < 4.78 is 0. The van der Waals surface area contributed by atoms with Gasteiger partial charge in [0.2, 0.25) is 0 Å². The summed E-state index contributed by atoms with van der Waals surface area (Å²) >= 11 is 0. The lowest BCUT2D eigenvalue weighted by molar-refractivity contribution is -0.295. The van der Waals surface area contributed by atoms with Crippen molar-refractivity contribution in [3.63, 3.8) is 0 Å². The Bertz CT molecular complexity index is 114. The molecule has 0 fully saturated rings. The Labute approximate surface area is 62.8 Å². The van der Waals surface area contributed by atoms with E-state index < -0.39 is 12.1 Å². The van der Waals surface area contributed by atoms with Crippen LogP contribution in [0.1, 0.15) is 12.8 Å². The van der Waals surface area contributed by atoms with E-state index in [-0.39, 0.29) is 19.4 Å². The lowest BCUT2D eigenvalue weighted by atomic mass is 10.2. The predicted octanol–water partition coefficient (Wildman–Crippen LogP) is 0.199. The van der Waals surface area contributed by atoms with Crippen molar-refractivity contribution in [3.05, 3.63) is 0 Å². The topological polar surface area (TPSA) is 96.2 Å². The van der Waals surface area contributed by atoms with E-state index in [9.17, 15) is 4.79 Å². The molecule has 0 rings (SSSR count). The fourth-order valence-electron chi connectivity index (χ4n) is 0.571. The third-order valence-corrected chi connectivity index (χ3v) is 1.08. The van der Waals surface area contributed by atoms with Crippen LogP contribution < -0.4 is 0 Å². The molecule has 0 aliphatic carbocycles. The van der Waals surface area contributed by atoms with Gasteiger partial charge >= 0.3 is 5.97 Å². The lowest BCUT2D eigenvalue weighted by Gasteiger charge is -2.08. The minimum atomic E-state index is -1.08. The molecule has 3 N–H and O–H groups in total. The summed E-state index contributed by atoms with van der Waals surface area (Å²) in [5.74, 6) is -1.08. The van der Waals surface area contributed by atoms with E-state index in [1.54, 1.807) is 0 Å². The first kappa shape index (κ1) is 10.3. The molecule has 0 radical (unpaired) electrons. The van der Waals surface area contributed by atoms with Gasteiger partial charge in [0, 0.05) is 6.42 Å². The third-order valence-electron chi connectivity index (χ3n) is 1.08. The fourth-order valence-corrected chi connectivity index (χ4v) is 0.571. The van der Waals surface area contributed by atoms with Gasteiger partial charge in [-0.25, -0.2) is 9.78 Å². The summed E-state index contributed by atoms with van der Waals surface area (Å²) in [5, 5.41) is 24.2. The Kier molecular flexibility index (Phi) is 5.67. The molecule has 0 aromatic carbocycles. The average molecular weight is 166 g/mol. The SMILES string of the molecule is O=C(O)CC(CCOO)OO. The second kappa shape index (κ2) is 6.05. The van der Waals surface area contributed by atoms with E-state index in [0.717, 1.165) is 0 Å². The van der Waals surface area contributed by atoms with Crippen molar-refractivity contribution in [2.75, 3.05) is 6.61 Å². The molecule has 1 atom stereocenters. The van der Waals surface area contributed by atoms with E-state index in [1.807, 2.05) is 0 Å². The largest absolute Gasteiger partial charge is 0.481 e. The van der Waals surface area contributed by atoms with Gasteiger partial charge in [0.05, 0.1) is 13.0 Å². The highest BCUT2D eigenvalue weighted by Gasteiger charge is 2.13. The Morgan fingerprint density at radius 3 is 2.45 bits per heavy atom. The maximum absolute atomic E-state index is 10.0. The van der Waals surface area contributed by atoms with Crippen molar-refractivity contribution < 1.29 is 30.2 Å². The molecule has 1 unspecified atom stereocenters. The van der Waals surface area contributed by atoms with Crippen LogP contribution in [0.25, 0.3) is 0 Å². The number of carboxylic acids is 1. The van der Waals surface area contributed by atoms with Gasteiger partial charge in [-0.05, 0) is 0 Å². The zero-order valence-corrected chi connectivity index (χ0v) is 5.77. The van der Waals surface area contributed by atoms with Crippen molar-refractivity contribution in [3.8, 4) is 0 Å². The third kappa shape index (κ3) is 5.74. The van der Waals surface area contributed by atoms with Crippen LogP contribution in [0.15, 0.2) is 0 Å². The van der Waals surface area contributed by atoms with Crippen LogP contribution >= 0.6 is 0 Å². The van der Waals surface area contributed by atoms with E-state index in [1.165, 1.54) is 0 Å². The zero-order chi connectivity index (χ0) is 8.69. The van der Waals surface area contributed by atoms with Crippen molar-refractivity contribution >= 4 is 5.97 Å². The molecule has 0 amide bonds. The molecule has 6 nitrogen and oxygen atoms in total. The zero-order valence-electron chi connectivity index (χ0n) is 5.77. The summed E-state index contributed by atoms with van der Waals surface area (Å²) in [6.45, 7) is -0.0709. The van der Waals surface area contributed by atoms with Gasteiger partial charge in [0.15, 0.2) is 0 Å². The van der Waals surface area contributed by atoms with E-state index in [0.29, 0.717) is 0 Å². The number of rotatable bonds is 6. The number of carbonyl (C=O) groups is 1. The Hall–Kier alpha value is -0.690. The van der Waals surface area contributed by atoms with E-state index >= 15 is 0 Å². The summed E-state index contributed by atoms with van der Waals surface area (Å²) in [5.41, 5.74) is 0. The van der Waals surface area contributed by atoms with Gasteiger partial charge in [0.1, 0.15) is 6.10 Å². The quantitative estimate of drug-likeness (QED) is 0.385. The van der Waals surface area contributed by atoms with Gasteiger partial charge < -0.3 is 5.11 Å². The summed E-state index contributed by atoms with van der Waals surface area (Å²) in [6.07, 6.45) is -1.03. The molecule has 11 heavy (non-hydrogen) atoms. The Morgan fingerprint density at radius 1 is 1.45 bits per heavy atom. The Morgan fingerprint density at radius 2 is 2.09 bits per heavy atom. The number of carboxylic acid groups (broad SMARTS) is 1. The molecule has 0 aromatic rings. The first-order chi connectivity index (χ1) is 5.20. The van der Waals surface area contributed by atoms with Crippen LogP contribution in [0.3, 0.4) is 0 Å². The van der Waals surface area contributed by atoms with Crippen LogP contribution in [0.2, 0.25) is 0 Å². The fraction of sp³-hybridized carbons (Fsp3) is 0.800. The standard InChI is InChI=1S/C5H10O6/c6-5(7)3-4(11-9)1-2-10-8/h4,8-9H,1-3H2,(H,6,7). The van der Waals surface area contributed by atoms with Crippen LogP contribution in [-0.4, -0.2) is 34.3 Å². The van der Waals surface area contributed by atoms with Crippen LogP contribution in [0, 0.1) is 0 Å². The molecule has 0 bridgehead atoms. The van der Waals surface area contributed by atoms with Crippen molar-refractivity contribution in [1.29, 1.82) is 0 Å². The summed E-state index contributed by atoms with van der Waals surface area (Å²) in [7, 11) is 0. The van der Waals surface area contributed by atoms with Crippen LogP contribution in [-0.2, 0) is 14.6 Å². The van der Waals surface area contributed by atoms with E-state index in [2.05, 4.69) is 9.78 Å². The average Bonchev–Trinajstić information content (AvgIpc) is 1.97. The monoisotopic (exact) mass is 166 g/mol. The van der Waals surface area contributed by atoms with Crippen LogP contribution in [0.5, 0.6) is 0 Å².